The Morgan fingerprint density at radius 1 is 1.28 bits per heavy atom. The number of nitrogens with zero attached hydrogens (tertiary/aromatic N) is 5. The van der Waals surface area contributed by atoms with E-state index in [4.69, 9.17) is 0 Å². The number of hydrogen-bond donors (Lipinski definition) is 0. The molecule has 0 amide bonds. The topological polar surface area (TPSA) is 82.2 Å². The summed E-state index contributed by atoms with van der Waals surface area (Å²) in [5, 5.41) is 12.4. The molecule has 0 aromatic carbocycles. The van der Waals surface area contributed by atoms with Gasteiger partial charge in [-0.15, -0.1) is 10.2 Å². The van der Waals surface area contributed by atoms with Gasteiger partial charge in [-0.3, -0.25) is 14.0 Å². The van der Waals surface area contributed by atoms with Gasteiger partial charge in [0.25, 0.3) is 5.56 Å². The number of rotatable bonds is 5. The highest BCUT2D eigenvalue weighted by atomic mass is 16.1. The van der Waals surface area contributed by atoms with Crippen molar-refractivity contribution in [2.24, 2.45) is 5.41 Å². The maximum atomic E-state index is 12.6. The largest absolute Gasteiger partial charge is 0.297 e. The molecular formula is C22H25N5O2. The van der Waals surface area contributed by atoms with Crippen molar-refractivity contribution >= 4 is 17.0 Å². The second kappa shape index (κ2) is 7.39. The highest BCUT2D eigenvalue weighted by Gasteiger charge is 2.23. The SMILES string of the molecule is Cc1cc(=O)n(CC(=O)Cc2ccn3cnnc3c2)nc1C1=CCC(C)(C)CC1. The molecule has 3 aromatic heterocycles. The molecule has 0 bridgehead atoms. The van der Waals surface area contributed by atoms with Crippen LogP contribution in [0.5, 0.6) is 0 Å². The Balaban J connectivity index is 1.54. The fourth-order valence-corrected chi connectivity index (χ4v) is 3.72. The van der Waals surface area contributed by atoms with Crippen molar-refractivity contribution in [3.8, 4) is 0 Å². The van der Waals surface area contributed by atoms with Gasteiger partial charge in [0.15, 0.2) is 11.4 Å². The molecule has 0 aliphatic heterocycles. The molecule has 29 heavy (non-hydrogen) atoms. The van der Waals surface area contributed by atoms with E-state index in [9.17, 15) is 9.59 Å². The standard InChI is InChI=1S/C22H25N5O2/c1-15-10-20(29)27(25-21(15)17-4-7-22(2,3)8-5-17)13-18(28)11-16-6-9-26-14-23-24-19(26)12-16/h4,6,9-10,12,14H,5,7-8,11,13H2,1-3H3. The summed E-state index contributed by atoms with van der Waals surface area (Å²) < 4.78 is 3.08. The molecule has 7 heteroatoms. The molecule has 0 spiro atoms. The van der Waals surface area contributed by atoms with Crippen molar-refractivity contribution in [1.82, 2.24) is 24.4 Å². The van der Waals surface area contributed by atoms with Gasteiger partial charge < -0.3 is 0 Å². The first kappa shape index (κ1) is 19.2. The molecule has 0 atom stereocenters. The molecular weight excluding hydrogens is 366 g/mol. The lowest BCUT2D eigenvalue weighted by molar-refractivity contribution is -0.119. The quantitative estimate of drug-likeness (QED) is 0.668. The third kappa shape index (κ3) is 4.18. The Morgan fingerprint density at radius 3 is 2.86 bits per heavy atom. The van der Waals surface area contributed by atoms with Crippen molar-refractivity contribution in [3.63, 3.8) is 0 Å². The van der Waals surface area contributed by atoms with Crippen LogP contribution in [0.15, 0.2) is 41.6 Å². The summed E-state index contributed by atoms with van der Waals surface area (Å²) in [6.07, 6.45) is 8.89. The van der Waals surface area contributed by atoms with E-state index >= 15 is 0 Å². The molecule has 4 rings (SSSR count). The number of fused-ring (bicyclic) bond motifs is 1. The van der Waals surface area contributed by atoms with Crippen molar-refractivity contribution in [2.75, 3.05) is 0 Å². The summed E-state index contributed by atoms with van der Waals surface area (Å²) >= 11 is 0. The first-order valence-corrected chi connectivity index (χ1v) is 9.89. The van der Waals surface area contributed by atoms with Crippen LogP contribution < -0.4 is 5.56 Å². The maximum absolute atomic E-state index is 12.6. The van der Waals surface area contributed by atoms with E-state index in [2.05, 4.69) is 35.2 Å². The van der Waals surface area contributed by atoms with E-state index in [0.29, 0.717) is 11.1 Å². The van der Waals surface area contributed by atoms with Crippen LogP contribution in [0.4, 0.5) is 0 Å². The number of allylic oxidation sites excluding steroid dienone is 2. The summed E-state index contributed by atoms with van der Waals surface area (Å²) in [6, 6.07) is 5.27. The third-order valence-corrected chi connectivity index (χ3v) is 5.56. The lowest BCUT2D eigenvalue weighted by Crippen LogP contribution is -2.28. The monoisotopic (exact) mass is 391 g/mol. The summed E-state index contributed by atoms with van der Waals surface area (Å²) in [5.74, 6) is -0.0722. The van der Waals surface area contributed by atoms with Gasteiger partial charge in [-0.05, 0) is 60.4 Å². The fraction of sp³-hybridized carbons (Fsp3) is 0.409. The van der Waals surface area contributed by atoms with E-state index in [-0.39, 0.29) is 24.3 Å². The Kier molecular flexibility index (Phi) is 4.90. The molecule has 0 saturated heterocycles. The minimum atomic E-state index is -0.246. The number of aryl methyl sites for hydroxylation is 1. The number of ketones is 1. The van der Waals surface area contributed by atoms with Gasteiger partial charge in [-0.25, -0.2) is 4.68 Å². The Labute approximate surface area is 169 Å². The maximum Gasteiger partial charge on any atom is 0.267 e. The molecule has 0 radical (unpaired) electrons. The van der Waals surface area contributed by atoms with Crippen molar-refractivity contribution in [3.05, 3.63) is 64.0 Å². The van der Waals surface area contributed by atoms with Gasteiger partial charge in [0.2, 0.25) is 0 Å². The molecule has 150 valence electrons. The van der Waals surface area contributed by atoms with Crippen LogP contribution in [-0.4, -0.2) is 30.2 Å². The number of aromatic nitrogens is 5. The smallest absolute Gasteiger partial charge is 0.267 e. The van der Waals surface area contributed by atoms with Crippen molar-refractivity contribution in [2.45, 2.75) is 53.0 Å². The van der Waals surface area contributed by atoms with Gasteiger partial charge in [0, 0.05) is 18.7 Å². The van der Waals surface area contributed by atoms with E-state index in [1.54, 1.807) is 16.8 Å². The van der Waals surface area contributed by atoms with E-state index < -0.39 is 0 Å². The van der Waals surface area contributed by atoms with Crippen LogP contribution in [0.1, 0.15) is 49.9 Å². The first-order chi connectivity index (χ1) is 13.8. The summed E-state index contributed by atoms with van der Waals surface area (Å²) in [7, 11) is 0. The molecule has 3 heterocycles. The Hall–Kier alpha value is -3.09. The van der Waals surface area contributed by atoms with Gasteiger partial charge in [0.05, 0.1) is 5.69 Å². The normalized spacial score (nSPS) is 16.0. The predicted octanol–water partition coefficient (Wildman–Crippen LogP) is 3.00. The van der Waals surface area contributed by atoms with Crippen molar-refractivity contribution < 1.29 is 4.79 Å². The summed E-state index contributed by atoms with van der Waals surface area (Å²) in [6.45, 7) is 6.39. The fourth-order valence-electron chi connectivity index (χ4n) is 3.72. The first-order valence-electron chi connectivity index (χ1n) is 9.89. The number of Topliss-reactive ketones (excluding diaryl/α,β-unsaturated/α-hetero) is 1. The van der Waals surface area contributed by atoms with Crippen LogP contribution >= 0.6 is 0 Å². The Bertz CT molecular complexity index is 1170. The van der Waals surface area contributed by atoms with Crippen LogP contribution in [0.2, 0.25) is 0 Å². The lowest BCUT2D eigenvalue weighted by atomic mass is 9.77. The third-order valence-electron chi connectivity index (χ3n) is 5.56. The number of carbonyl (C=O) groups excluding carboxylic acids is 1. The molecule has 0 N–H and O–H groups in total. The van der Waals surface area contributed by atoms with Gasteiger partial charge >= 0.3 is 0 Å². The molecule has 1 aliphatic rings. The lowest BCUT2D eigenvalue weighted by Gasteiger charge is -2.28. The zero-order valence-electron chi connectivity index (χ0n) is 17.1. The van der Waals surface area contributed by atoms with Crippen molar-refractivity contribution in [1.29, 1.82) is 0 Å². The molecule has 0 unspecified atom stereocenters. The molecule has 0 saturated carbocycles. The van der Waals surface area contributed by atoms with Crippen LogP contribution in [0, 0.1) is 12.3 Å². The molecule has 1 aliphatic carbocycles. The number of carbonyl (C=O) groups is 1. The van der Waals surface area contributed by atoms with Gasteiger partial charge in [-0.2, -0.15) is 5.10 Å². The highest BCUT2D eigenvalue weighted by molar-refractivity contribution is 5.81. The van der Waals surface area contributed by atoms with Crippen LogP contribution in [0.25, 0.3) is 11.2 Å². The number of hydrogen-bond acceptors (Lipinski definition) is 5. The second-order valence-electron chi connectivity index (χ2n) is 8.62. The average molecular weight is 391 g/mol. The average Bonchev–Trinajstić information content (AvgIpc) is 3.12. The zero-order chi connectivity index (χ0) is 20.6. The minimum Gasteiger partial charge on any atom is -0.297 e. The summed E-state index contributed by atoms with van der Waals surface area (Å²) in [5.41, 5.74) is 4.44. The van der Waals surface area contributed by atoms with Gasteiger partial charge in [0.1, 0.15) is 12.9 Å². The molecule has 3 aromatic rings. The van der Waals surface area contributed by atoms with E-state index in [1.165, 1.54) is 10.3 Å². The van der Waals surface area contributed by atoms with Gasteiger partial charge in [-0.1, -0.05) is 19.9 Å². The summed E-state index contributed by atoms with van der Waals surface area (Å²) in [4.78, 5) is 25.0. The van der Waals surface area contributed by atoms with E-state index in [0.717, 1.165) is 36.1 Å². The van der Waals surface area contributed by atoms with Crippen LogP contribution in [-0.2, 0) is 17.8 Å². The molecule has 7 nitrogen and oxygen atoms in total. The predicted molar refractivity (Wildman–Crippen MR) is 111 cm³/mol. The van der Waals surface area contributed by atoms with Crippen LogP contribution in [0.3, 0.4) is 0 Å². The minimum absolute atomic E-state index is 0.0389. The highest BCUT2D eigenvalue weighted by Crippen LogP contribution is 2.37. The molecule has 0 fully saturated rings. The zero-order valence-corrected chi connectivity index (χ0v) is 17.1. The second-order valence-corrected chi connectivity index (χ2v) is 8.62. The Morgan fingerprint density at radius 2 is 2.10 bits per heavy atom. The van der Waals surface area contributed by atoms with E-state index in [1.807, 2.05) is 25.3 Å². The number of pyridine rings is 1.